The Bertz CT molecular complexity index is 1230. The summed E-state index contributed by atoms with van der Waals surface area (Å²) in [7, 11) is 0. The van der Waals surface area contributed by atoms with Crippen molar-refractivity contribution in [1.29, 1.82) is 0 Å². The number of hydrogen-bond donors (Lipinski definition) is 2. The van der Waals surface area contributed by atoms with Crippen LogP contribution in [-0.2, 0) is 6.61 Å². The molecule has 4 heteroatoms. The van der Waals surface area contributed by atoms with Crippen molar-refractivity contribution in [3.8, 4) is 11.3 Å². The second-order valence-electron chi connectivity index (χ2n) is 6.15. The summed E-state index contributed by atoms with van der Waals surface area (Å²) in [5.74, 6) is 0. The quantitative estimate of drug-likeness (QED) is 0.505. The summed E-state index contributed by atoms with van der Waals surface area (Å²) in [5, 5.41) is 13.8. The smallest absolute Gasteiger partial charge is 0.0964 e. The first-order valence-electron chi connectivity index (χ1n) is 8.18. The molecule has 0 bridgehead atoms. The fraction of sp³-hybridized carbons (Fsp3) is 0.0476. The molecule has 0 unspecified atom stereocenters. The SMILES string of the molecule is OCc1ccc2[nH]c3c(-c4cncc5ccccc45)nccc3c2c1. The predicted octanol–water partition coefficient (Wildman–Crippen LogP) is 4.42. The zero-order valence-corrected chi connectivity index (χ0v) is 13.4. The fourth-order valence-electron chi connectivity index (χ4n) is 3.48. The van der Waals surface area contributed by atoms with Gasteiger partial charge in [-0.25, -0.2) is 0 Å². The van der Waals surface area contributed by atoms with E-state index < -0.39 is 0 Å². The number of aliphatic hydroxyl groups is 1. The van der Waals surface area contributed by atoms with Gasteiger partial charge in [0.25, 0.3) is 0 Å². The highest BCUT2D eigenvalue weighted by molar-refractivity contribution is 6.13. The molecule has 2 aromatic carbocycles. The maximum atomic E-state index is 9.43. The number of nitrogens with one attached hydrogen (secondary N) is 1. The van der Waals surface area contributed by atoms with E-state index in [0.29, 0.717) is 0 Å². The maximum absolute atomic E-state index is 9.43. The molecule has 0 spiro atoms. The minimum absolute atomic E-state index is 0.0355. The molecule has 3 aromatic heterocycles. The first-order chi connectivity index (χ1) is 12.3. The van der Waals surface area contributed by atoms with Gasteiger partial charge in [-0.15, -0.1) is 0 Å². The van der Waals surface area contributed by atoms with Gasteiger partial charge in [-0.3, -0.25) is 9.97 Å². The van der Waals surface area contributed by atoms with E-state index in [2.05, 4.69) is 27.1 Å². The summed E-state index contributed by atoms with van der Waals surface area (Å²) >= 11 is 0. The van der Waals surface area contributed by atoms with Crippen molar-refractivity contribution in [2.75, 3.05) is 0 Å². The summed E-state index contributed by atoms with van der Waals surface area (Å²) in [6.07, 6.45) is 5.57. The first-order valence-corrected chi connectivity index (χ1v) is 8.18. The summed E-state index contributed by atoms with van der Waals surface area (Å²) in [4.78, 5) is 12.5. The number of fused-ring (bicyclic) bond motifs is 4. The third kappa shape index (κ3) is 2.12. The maximum Gasteiger partial charge on any atom is 0.0964 e. The van der Waals surface area contributed by atoms with E-state index in [0.717, 1.165) is 49.4 Å². The van der Waals surface area contributed by atoms with Crippen molar-refractivity contribution in [3.05, 3.63) is 72.7 Å². The van der Waals surface area contributed by atoms with Crippen LogP contribution in [0.4, 0.5) is 0 Å². The first kappa shape index (κ1) is 14.1. The van der Waals surface area contributed by atoms with Gasteiger partial charge < -0.3 is 10.1 Å². The molecular formula is C21H15N3O. The minimum atomic E-state index is 0.0355. The lowest BCUT2D eigenvalue weighted by molar-refractivity contribution is 0.282. The third-order valence-electron chi connectivity index (χ3n) is 4.69. The molecule has 0 amide bonds. The topological polar surface area (TPSA) is 61.8 Å². The monoisotopic (exact) mass is 325 g/mol. The van der Waals surface area contributed by atoms with E-state index >= 15 is 0 Å². The van der Waals surface area contributed by atoms with E-state index in [1.54, 1.807) is 0 Å². The lowest BCUT2D eigenvalue weighted by Gasteiger charge is -2.06. The molecule has 5 rings (SSSR count). The molecule has 3 heterocycles. The molecular weight excluding hydrogens is 310 g/mol. The zero-order chi connectivity index (χ0) is 16.8. The normalized spacial score (nSPS) is 11.6. The van der Waals surface area contributed by atoms with Gasteiger partial charge >= 0.3 is 0 Å². The summed E-state index contributed by atoms with van der Waals surface area (Å²) in [6.45, 7) is 0.0355. The van der Waals surface area contributed by atoms with Gasteiger partial charge in [-0.05, 0) is 29.1 Å². The fourth-order valence-corrected chi connectivity index (χ4v) is 3.48. The van der Waals surface area contributed by atoms with Crippen LogP contribution in [-0.4, -0.2) is 20.1 Å². The molecule has 0 fully saturated rings. The Morgan fingerprint density at radius 3 is 2.76 bits per heavy atom. The van der Waals surface area contributed by atoms with Gasteiger partial charge in [0.1, 0.15) is 0 Å². The minimum Gasteiger partial charge on any atom is -0.392 e. The van der Waals surface area contributed by atoms with Crippen molar-refractivity contribution in [1.82, 2.24) is 15.0 Å². The van der Waals surface area contributed by atoms with Gasteiger partial charge in [0, 0.05) is 45.8 Å². The van der Waals surface area contributed by atoms with Gasteiger partial charge in [-0.2, -0.15) is 0 Å². The lowest BCUT2D eigenvalue weighted by Crippen LogP contribution is -1.88. The number of benzene rings is 2. The Hall–Kier alpha value is -3.24. The van der Waals surface area contributed by atoms with Crippen LogP contribution in [0.3, 0.4) is 0 Å². The number of nitrogens with zero attached hydrogens (tertiary/aromatic N) is 2. The van der Waals surface area contributed by atoms with Gasteiger partial charge in [0.15, 0.2) is 0 Å². The highest BCUT2D eigenvalue weighted by atomic mass is 16.3. The van der Waals surface area contributed by atoms with Crippen LogP contribution in [0.2, 0.25) is 0 Å². The van der Waals surface area contributed by atoms with Crippen molar-refractivity contribution < 1.29 is 5.11 Å². The molecule has 0 atom stereocenters. The Labute approximate surface area is 143 Å². The van der Waals surface area contributed by atoms with E-state index in [4.69, 9.17) is 0 Å². The second-order valence-corrected chi connectivity index (χ2v) is 6.15. The highest BCUT2D eigenvalue weighted by Gasteiger charge is 2.13. The number of aliphatic hydroxyl groups excluding tert-OH is 1. The summed E-state index contributed by atoms with van der Waals surface area (Å²) in [5.41, 5.74) is 4.83. The molecule has 0 radical (unpaired) electrons. The van der Waals surface area contributed by atoms with Crippen LogP contribution >= 0.6 is 0 Å². The molecule has 0 aliphatic carbocycles. The number of aromatic nitrogens is 3. The second kappa shape index (κ2) is 5.40. The van der Waals surface area contributed by atoms with Crippen molar-refractivity contribution >= 4 is 32.6 Å². The van der Waals surface area contributed by atoms with Gasteiger partial charge in [0.2, 0.25) is 0 Å². The molecule has 4 nitrogen and oxygen atoms in total. The van der Waals surface area contributed by atoms with Crippen LogP contribution in [0.1, 0.15) is 5.56 Å². The van der Waals surface area contributed by atoms with Gasteiger partial charge in [-0.1, -0.05) is 30.3 Å². The van der Waals surface area contributed by atoms with Crippen molar-refractivity contribution in [2.45, 2.75) is 6.61 Å². The van der Waals surface area contributed by atoms with E-state index in [1.165, 1.54) is 0 Å². The molecule has 120 valence electrons. The van der Waals surface area contributed by atoms with E-state index in [1.807, 2.05) is 55.0 Å². The van der Waals surface area contributed by atoms with Crippen LogP contribution in [0.5, 0.6) is 0 Å². The average molecular weight is 325 g/mol. The largest absolute Gasteiger partial charge is 0.392 e. The molecule has 5 aromatic rings. The molecule has 0 saturated carbocycles. The average Bonchev–Trinajstić information content (AvgIpc) is 3.05. The predicted molar refractivity (Wildman–Crippen MR) is 100 cm³/mol. The molecule has 0 saturated heterocycles. The molecule has 0 aliphatic rings. The number of aromatic amines is 1. The summed E-state index contributed by atoms with van der Waals surface area (Å²) in [6, 6.07) is 16.2. The van der Waals surface area contributed by atoms with Crippen LogP contribution in [0.15, 0.2) is 67.1 Å². The van der Waals surface area contributed by atoms with Gasteiger partial charge in [0.05, 0.1) is 17.8 Å². The van der Waals surface area contributed by atoms with E-state index in [-0.39, 0.29) is 6.61 Å². The zero-order valence-electron chi connectivity index (χ0n) is 13.4. The number of pyridine rings is 2. The Balaban J connectivity index is 1.87. The van der Waals surface area contributed by atoms with E-state index in [9.17, 15) is 5.11 Å². The summed E-state index contributed by atoms with van der Waals surface area (Å²) < 4.78 is 0. The Morgan fingerprint density at radius 1 is 0.920 bits per heavy atom. The number of H-pyrrole nitrogens is 1. The standard InChI is InChI=1S/C21H15N3O/c25-12-13-5-6-19-17(9-13)16-7-8-23-20(21(16)24-19)18-11-22-10-14-3-1-2-4-15(14)18/h1-11,24-25H,12H2. The van der Waals surface area contributed by atoms with Crippen molar-refractivity contribution in [2.24, 2.45) is 0 Å². The molecule has 2 N–H and O–H groups in total. The number of hydrogen-bond acceptors (Lipinski definition) is 3. The highest BCUT2D eigenvalue weighted by Crippen LogP contribution is 2.34. The lowest BCUT2D eigenvalue weighted by atomic mass is 10.0. The Kier molecular flexibility index (Phi) is 3.05. The van der Waals surface area contributed by atoms with Crippen LogP contribution in [0, 0.1) is 0 Å². The van der Waals surface area contributed by atoms with Crippen LogP contribution in [0.25, 0.3) is 43.8 Å². The molecule has 25 heavy (non-hydrogen) atoms. The van der Waals surface area contributed by atoms with Crippen LogP contribution < -0.4 is 0 Å². The number of rotatable bonds is 2. The third-order valence-corrected chi connectivity index (χ3v) is 4.69. The molecule has 0 aliphatic heterocycles. The Morgan fingerprint density at radius 2 is 1.84 bits per heavy atom. The van der Waals surface area contributed by atoms with Crippen molar-refractivity contribution in [3.63, 3.8) is 0 Å².